The molecular weight excluding hydrogens is 391 g/mol. The van der Waals surface area contributed by atoms with Gasteiger partial charge in [0, 0.05) is 18.9 Å². The molecule has 3 heterocycles. The highest BCUT2D eigenvalue weighted by molar-refractivity contribution is 7.19. The number of hydrogen-bond acceptors (Lipinski definition) is 6. The van der Waals surface area contributed by atoms with Crippen molar-refractivity contribution in [3.8, 4) is 0 Å². The van der Waals surface area contributed by atoms with E-state index in [9.17, 15) is 18.0 Å². The number of pyridine rings is 1. The molecule has 0 saturated carbocycles. The third kappa shape index (κ3) is 4.38. The summed E-state index contributed by atoms with van der Waals surface area (Å²) in [5.41, 5.74) is 0.860. The number of halogens is 3. The van der Waals surface area contributed by atoms with Gasteiger partial charge in [-0.3, -0.25) is 9.78 Å². The van der Waals surface area contributed by atoms with Gasteiger partial charge >= 0.3 is 6.18 Å². The first-order chi connectivity index (χ1) is 13.3. The van der Waals surface area contributed by atoms with Crippen molar-refractivity contribution in [2.24, 2.45) is 0 Å². The number of carbonyl (C=O) groups excluding carboxylic acids is 1. The predicted octanol–water partition coefficient (Wildman–Crippen LogP) is 4.42. The van der Waals surface area contributed by atoms with E-state index >= 15 is 0 Å². The third-order valence-electron chi connectivity index (χ3n) is 3.93. The topological polar surface area (TPSA) is 79.8 Å². The van der Waals surface area contributed by atoms with E-state index in [2.05, 4.69) is 25.6 Å². The Kier molecular flexibility index (Phi) is 5.78. The summed E-state index contributed by atoms with van der Waals surface area (Å²) in [5, 5.41) is 5.69. The molecule has 0 bridgehead atoms. The van der Waals surface area contributed by atoms with Gasteiger partial charge in [0.05, 0.1) is 16.3 Å². The second-order valence-corrected chi connectivity index (χ2v) is 7.18. The van der Waals surface area contributed by atoms with Crippen LogP contribution in [0.4, 0.5) is 19.1 Å². The maximum absolute atomic E-state index is 13.1. The largest absolute Gasteiger partial charge is 0.425 e. The average Bonchev–Trinajstić information content (AvgIpc) is 3.10. The van der Waals surface area contributed by atoms with Crippen LogP contribution in [0.1, 0.15) is 47.2 Å². The Morgan fingerprint density at radius 3 is 2.75 bits per heavy atom. The number of thiophene rings is 1. The normalized spacial score (nSPS) is 12.8. The Morgan fingerprint density at radius 1 is 1.32 bits per heavy atom. The highest BCUT2D eigenvalue weighted by Gasteiger charge is 2.34. The zero-order valence-corrected chi connectivity index (χ0v) is 16.0. The van der Waals surface area contributed by atoms with E-state index in [1.54, 1.807) is 18.5 Å². The monoisotopic (exact) mass is 409 g/mol. The lowest BCUT2D eigenvalue weighted by Gasteiger charge is -2.14. The summed E-state index contributed by atoms with van der Waals surface area (Å²) in [6.07, 6.45) is -0.517. The molecule has 0 saturated heterocycles. The summed E-state index contributed by atoms with van der Waals surface area (Å²) in [4.78, 5) is 24.1. The molecule has 0 spiro atoms. The van der Waals surface area contributed by atoms with Crippen LogP contribution in [0, 0.1) is 0 Å². The van der Waals surface area contributed by atoms with Gasteiger partial charge in [-0.25, -0.2) is 9.97 Å². The first-order valence-corrected chi connectivity index (χ1v) is 9.44. The zero-order valence-electron chi connectivity index (χ0n) is 15.2. The highest BCUT2D eigenvalue weighted by atomic mass is 32.1. The average molecular weight is 409 g/mol. The second-order valence-electron chi connectivity index (χ2n) is 6.13. The van der Waals surface area contributed by atoms with Gasteiger partial charge in [0.25, 0.3) is 5.91 Å². The lowest BCUT2D eigenvalue weighted by Crippen LogP contribution is -2.25. The molecule has 1 unspecified atom stereocenters. The van der Waals surface area contributed by atoms with Gasteiger partial charge in [0.15, 0.2) is 5.69 Å². The number of carbonyl (C=O) groups is 1. The van der Waals surface area contributed by atoms with Gasteiger partial charge in [-0.15, -0.1) is 11.3 Å². The molecule has 6 nitrogen and oxygen atoms in total. The summed E-state index contributed by atoms with van der Waals surface area (Å²) in [6.45, 7) is 4.12. The number of hydrogen-bond donors (Lipinski definition) is 2. The first kappa shape index (κ1) is 20.0. The Labute approximate surface area is 163 Å². The van der Waals surface area contributed by atoms with Crippen molar-refractivity contribution in [1.29, 1.82) is 0 Å². The van der Waals surface area contributed by atoms with Crippen molar-refractivity contribution in [3.63, 3.8) is 0 Å². The Balaban J connectivity index is 2.02. The molecule has 0 aliphatic heterocycles. The Morgan fingerprint density at radius 2 is 2.11 bits per heavy atom. The number of amides is 1. The first-order valence-electron chi connectivity index (χ1n) is 8.63. The van der Waals surface area contributed by atoms with E-state index in [1.807, 2.05) is 19.9 Å². The lowest BCUT2D eigenvalue weighted by molar-refractivity contribution is -0.134. The fourth-order valence-electron chi connectivity index (χ4n) is 2.52. The molecule has 2 N–H and O–H groups in total. The summed E-state index contributed by atoms with van der Waals surface area (Å²) in [6, 6.07) is 4.32. The minimum Gasteiger partial charge on any atom is -0.351 e. The number of fused-ring (bicyclic) bond motifs is 1. The highest BCUT2D eigenvalue weighted by Crippen LogP contribution is 2.38. The standard InChI is InChI=1S/C18H18F3N5OS/c1-3-6-23-16(27)14-15-12(8-13(28-15)18(19,20)21)25-17(26-14)24-10(2)11-5-4-7-22-9-11/h4-5,7-10H,3,6H2,1-2H3,(H,23,27)(H,24,25,26). The fraction of sp³-hybridized carbons (Fsp3) is 0.333. The molecule has 148 valence electrons. The second kappa shape index (κ2) is 8.09. The van der Waals surface area contributed by atoms with Crippen LogP contribution in [0.2, 0.25) is 0 Å². The van der Waals surface area contributed by atoms with E-state index in [1.165, 1.54) is 0 Å². The summed E-state index contributed by atoms with van der Waals surface area (Å²) in [5.74, 6) is -0.445. The van der Waals surface area contributed by atoms with Gasteiger partial charge in [0.1, 0.15) is 4.88 Å². The molecule has 10 heteroatoms. The van der Waals surface area contributed by atoms with E-state index in [0.717, 1.165) is 11.6 Å². The quantitative estimate of drug-likeness (QED) is 0.630. The lowest BCUT2D eigenvalue weighted by atomic mass is 10.1. The van der Waals surface area contributed by atoms with Crippen LogP contribution in [0.3, 0.4) is 0 Å². The van der Waals surface area contributed by atoms with Crippen LogP contribution in [-0.4, -0.2) is 27.4 Å². The molecule has 0 aliphatic carbocycles. The molecular formula is C18H18F3N5OS. The maximum Gasteiger partial charge on any atom is 0.425 e. The van der Waals surface area contributed by atoms with E-state index in [4.69, 9.17) is 0 Å². The minimum absolute atomic E-state index is 0.0696. The van der Waals surface area contributed by atoms with Gasteiger partial charge < -0.3 is 10.6 Å². The summed E-state index contributed by atoms with van der Waals surface area (Å²) in [7, 11) is 0. The van der Waals surface area contributed by atoms with E-state index < -0.39 is 17.0 Å². The number of nitrogens with zero attached hydrogens (tertiary/aromatic N) is 3. The van der Waals surface area contributed by atoms with Crippen molar-refractivity contribution < 1.29 is 18.0 Å². The molecule has 28 heavy (non-hydrogen) atoms. The fourth-order valence-corrected chi connectivity index (χ4v) is 3.47. The number of aromatic nitrogens is 3. The Bertz CT molecular complexity index is 975. The SMILES string of the molecule is CCCNC(=O)c1nc(NC(C)c2cccnc2)nc2cc(C(F)(F)F)sc12. The van der Waals surface area contributed by atoms with Crippen LogP contribution >= 0.6 is 11.3 Å². The van der Waals surface area contributed by atoms with Crippen molar-refractivity contribution in [2.75, 3.05) is 11.9 Å². The van der Waals surface area contributed by atoms with Gasteiger partial charge in [0.2, 0.25) is 5.95 Å². The molecule has 0 aliphatic rings. The number of anilines is 1. The molecule has 1 amide bonds. The number of rotatable bonds is 6. The van der Waals surface area contributed by atoms with Crippen LogP contribution in [0.15, 0.2) is 30.6 Å². The number of alkyl halides is 3. The summed E-state index contributed by atoms with van der Waals surface area (Å²) >= 11 is 0.468. The third-order valence-corrected chi connectivity index (χ3v) is 5.11. The molecule has 1 atom stereocenters. The predicted molar refractivity (Wildman–Crippen MR) is 101 cm³/mol. The maximum atomic E-state index is 13.1. The summed E-state index contributed by atoms with van der Waals surface area (Å²) < 4.78 is 39.5. The van der Waals surface area contributed by atoms with Gasteiger partial charge in [-0.05, 0) is 31.0 Å². The molecule has 0 fully saturated rings. The molecule has 0 radical (unpaired) electrons. The number of nitrogens with one attached hydrogen (secondary N) is 2. The smallest absolute Gasteiger partial charge is 0.351 e. The van der Waals surface area contributed by atoms with Crippen LogP contribution in [0.5, 0.6) is 0 Å². The van der Waals surface area contributed by atoms with Crippen LogP contribution < -0.4 is 10.6 Å². The van der Waals surface area contributed by atoms with Gasteiger partial charge in [-0.2, -0.15) is 13.2 Å². The molecule has 3 aromatic rings. The Hall–Kier alpha value is -2.75. The van der Waals surface area contributed by atoms with Crippen molar-refractivity contribution in [2.45, 2.75) is 32.5 Å². The molecule has 3 aromatic heterocycles. The zero-order chi connectivity index (χ0) is 20.3. The minimum atomic E-state index is -4.51. The molecule has 0 aromatic carbocycles. The van der Waals surface area contributed by atoms with Crippen LogP contribution in [-0.2, 0) is 6.18 Å². The van der Waals surface area contributed by atoms with Crippen LogP contribution in [0.25, 0.3) is 10.2 Å². The molecule has 3 rings (SSSR count). The van der Waals surface area contributed by atoms with Crippen molar-refractivity contribution in [3.05, 3.63) is 46.7 Å². The van der Waals surface area contributed by atoms with E-state index in [-0.39, 0.29) is 27.9 Å². The van der Waals surface area contributed by atoms with Crippen molar-refractivity contribution >= 4 is 33.4 Å². The van der Waals surface area contributed by atoms with Crippen molar-refractivity contribution in [1.82, 2.24) is 20.3 Å². The van der Waals surface area contributed by atoms with Gasteiger partial charge in [-0.1, -0.05) is 13.0 Å². The van der Waals surface area contributed by atoms with E-state index in [0.29, 0.717) is 24.3 Å².